The van der Waals surface area contributed by atoms with Crippen molar-refractivity contribution in [1.29, 1.82) is 0 Å². The number of aliphatic hydroxyl groups is 1. The standard InChI is InChI=1S/C8H9O.C8H7.C7H5O.6C2H6.4H2O.3Rb/c1-7(9)8-5-3-2-4-6-8;1-2-8-6-4-3-5-7-8;8-6-7-4-2-1-3-5-7;6*1-2;;;;;;;/h2-5,7,9H,1H3;2-6H,1H2;1-4,6H;6*1-2H3;4*1H2;;;/q3*-1;;;;;;;;;;;3*+1/p-3. The smallest absolute Gasteiger partial charge is 0.870 e. The molecule has 0 amide bonds. The van der Waals surface area contributed by atoms with E-state index in [0.717, 1.165) is 17.4 Å². The fraction of sp³-hybridized carbons (Fsp3) is 0.400. The van der Waals surface area contributed by atoms with Gasteiger partial charge in [-0.25, -0.2) is 0 Å². The summed E-state index contributed by atoms with van der Waals surface area (Å²) >= 11 is 0. The average Bonchev–Trinajstić information content (AvgIpc) is 3.05. The number of rotatable bonds is 3. The minimum atomic E-state index is -0.397. The molecule has 0 saturated heterocycles. The van der Waals surface area contributed by atoms with Gasteiger partial charge in [-0.15, -0.1) is 84.4 Å². The normalized spacial score (nSPS) is 6.59. The number of benzene rings is 3. The minimum absolute atomic E-state index is 0. The van der Waals surface area contributed by atoms with E-state index >= 15 is 0 Å². The zero-order valence-corrected chi connectivity index (χ0v) is 45.8. The van der Waals surface area contributed by atoms with E-state index in [9.17, 15) is 4.79 Å². The Morgan fingerprint density at radius 2 is 0.886 bits per heavy atom. The van der Waals surface area contributed by atoms with Crippen LogP contribution in [0.2, 0.25) is 0 Å². The average molecular weight is 835 g/mol. The van der Waals surface area contributed by atoms with Gasteiger partial charge < -0.3 is 31.8 Å². The second kappa shape index (κ2) is 90.7. The molecule has 44 heavy (non-hydrogen) atoms. The molecule has 3 rings (SSSR count). The predicted octanol–water partition coefficient (Wildman–Crippen LogP) is 0.783. The Hall–Kier alpha value is 2.29. The molecule has 0 aliphatic heterocycles. The van der Waals surface area contributed by atoms with E-state index in [1.807, 2.05) is 132 Å². The van der Waals surface area contributed by atoms with Gasteiger partial charge in [-0.05, 0) is 6.92 Å². The van der Waals surface area contributed by atoms with Gasteiger partial charge in [-0.2, -0.15) is 35.9 Å². The first-order chi connectivity index (χ1) is 18.2. The molecule has 3 aromatic rings. The zero-order valence-electron chi connectivity index (χ0n) is 31.1. The van der Waals surface area contributed by atoms with Crippen molar-refractivity contribution in [2.24, 2.45) is 0 Å². The van der Waals surface area contributed by atoms with Crippen LogP contribution < -0.4 is 175 Å². The summed E-state index contributed by atoms with van der Waals surface area (Å²) in [5.41, 5.74) is 2.50. The first-order valence-corrected chi connectivity index (χ1v) is 13.8. The van der Waals surface area contributed by atoms with Crippen molar-refractivity contribution < 1.29 is 206 Å². The molecule has 0 aliphatic rings. The van der Waals surface area contributed by atoms with E-state index in [2.05, 4.69) is 24.8 Å². The summed E-state index contributed by atoms with van der Waals surface area (Å²) in [6.07, 6.45) is 2.16. The maximum absolute atomic E-state index is 9.98. The number of carbonyl (C=O) groups is 1. The second-order valence-corrected chi connectivity index (χ2v) is 4.95. The Labute approximate surface area is 420 Å². The molecule has 244 valence electrons. The first-order valence-electron chi connectivity index (χ1n) is 13.8. The molecule has 6 nitrogen and oxygen atoms in total. The second-order valence-electron chi connectivity index (χ2n) is 4.95. The topological polar surface area (TPSA) is 159 Å². The van der Waals surface area contributed by atoms with Crippen molar-refractivity contribution in [3.05, 3.63) is 114 Å². The van der Waals surface area contributed by atoms with Crippen LogP contribution in [0, 0.1) is 18.2 Å². The van der Waals surface area contributed by atoms with E-state index in [0.29, 0.717) is 5.56 Å². The monoisotopic (exact) mass is 833 g/mol. The van der Waals surface area contributed by atoms with E-state index in [1.54, 1.807) is 37.3 Å². The van der Waals surface area contributed by atoms with Crippen molar-refractivity contribution in [2.45, 2.75) is 96.1 Å². The SMILES string of the molecule is C=Cc1[c-]cccc1.CC.CC.CC.CC.CC.CC.CC(O)c1[c-]cccc1.O.O=Cc1[c-]cccc1.[OH-].[OH-].[OH-].[Rb+].[Rb+].[Rb+]. The fourth-order valence-electron chi connectivity index (χ4n) is 1.68. The van der Waals surface area contributed by atoms with E-state index in [1.165, 1.54) is 0 Å². The van der Waals surface area contributed by atoms with Gasteiger partial charge in [0.2, 0.25) is 0 Å². The van der Waals surface area contributed by atoms with Crippen LogP contribution in [0.25, 0.3) is 6.08 Å². The maximum Gasteiger partial charge on any atom is 1.00 e. The third-order valence-electron chi connectivity index (χ3n) is 3.00. The van der Waals surface area contributed by atoms with Crippen molar-refractivity contribution in [3.8, 4) is 0 Å². The van der Waals surface area contributed by atoms with Gasteiger partial charge in [-0.3, -0.25) is 0 Å². The summed E-state index contributed by atoms with van der Waals surface area (Å²) < 4.78 is 0. The third kappa shape index (κ3) is 70.6. The Morgan fingerprint density at radius 3 is 1.02 bits per heavy atom. The zero-order chi connectivity index (χ0) is 30.3. The molecular weight excluding hydrogens is 773 g/mol. The van der Waals surface area contributed by atoms with Crippen LogP contribution in [0.3, 0.4) is 0 Å². The molecule has 0 fully saturated rings. The third-order valence-corrected chi connectivity index (χ3v) is 3.00. The van der Waals surface area contributed by atoms with E-state index in [-0.39, 0.29) is 196 Å². The quantitative estimate of drug-likeness (QED) is 0.305. The van der Waals surface area contributed by atoms with Gasteiger partial charge in [0.15, 0.2) is 0 Å². The Balaban J connectivity index is -0.0000000238. The summed E-state index contributed by atoms with van der Waals surface area (Å²) in [6.45, 7) is 29.3. The summed E-state index contributed by atoms with van der Waals surface area (Å²) in [5.74, 6) is 0. The van der Waals surface area contributed by atoms with Crippen LogP contribution in [0.4, 0.5) is 0 Å². The largest absolute Gasteiger partial charge is 1.00 e. The molecule has 0 radical (unpaired) electrons. The minimum Gasteiger partial charge on any atom is -0.870 e. The molecule has 0 spiro atoms. The van der Waals surface area contributed by atoms with Crippen LogP contribution in [0.15, 0.2) is 79.4 Å². The summed E-state index contributed by atoms with van der Waals surface area (Å²) in [5, 5.41) is 8.99. The molecule has 1 atom stereocenters. The van der Waals surface area contributed by atoms with Crippen molar-refractivity contribution >= 4 is 12.4 Å². The molecule has 0 bridgehead atoms. The summed E-state index contributed by atoms with van der Waals surface area (Å²) in [4.78, 5) is 9.98. The molecule has 9 heteroatoms. The molecule has 1 unspecified atom stereocenters. The number of aliphatic hydroxyl groups excluding tert-OH is 1. The molecule has 0 heterocycles. The Bertz CT molecular complexity index is 692. The van der Waals surface area contributed by atoms with Crippen LogP contribution in [-0.2, 0) is 0 Å². The van der Waals surface area contributed by atoms with Crippen LogP contribution in [0.1, 0.15) is 118 Å². The summed E-state index contributed by atoms with van der Waals surface area (Å²) in [7, 11) is 0. The molecule has 0 saturated carbocycles. The summed E-state index contributed by atoms with van der Waals surface area (Å²) in [6, 6.07) is 30.9. The van der Waals surface area contributed by atoms with Crippen LogP contribution in [-0.4, -0.2) is 33.3 Å². The predicted molar refractivity (Wildman–Crippen MR) is 179 cm³/mol. The van der Waals surface area contributed by atoms with Gasteiger partial charge in [0.05, 0.1) is 12.4 Å². The van der Waals surface area contributed by atoms with Gasteiger partial charge in [0.1, 0.15) is 0 Å². The molecular formula is C35H62O6Rb3-3. The first kappa shape index (κ1) is 85.7. The maximum atomic E-state index is 9.98. The Kier molecular flexibility index (Phi) is 177. The molecule has 0 aliphatic carbocycles. The van der Waals surface area contributed by atoms with Crippen LogP contribution in [0.5, 0.6) is 0 Å². The van der Waals surface area contributed by atoms with Gasteiger partial charge >= 0.3 is 175 Å². The van der Waals surface area contributed by atoms with E-state index in [4.69, 9.17) is 5.11 Å². The number of hydrogen-bond donors (Lipinski definition) is 1. The number of carbonyl (C=O) groups excluding carboxylic acids is 1. The number of aldehydes is 1. The van der Waals surface area contributed by atoms with Gasteiger partial charge in [-0.1, -0.05) is 83.1 Å². The van der Waals surface area contributed by atoms with Gasteiger partial charge in [0, 0.05) is 0 Å². The molecule has 0 aromatic heterocycles. The molecule has 3 aromatic carbocycles. The van der Waals surface area contributed by atoms with Crippen LogP contribution >= 0.6 is 0 Å². The van der Waals surface area contributed by atoms with E-state index < -0.39 is 6.10 Å². The number of hydrogen-bond acceptors (Lipinski definition) is 5. The van der Waals surface area contributed by atoms with Crippen molar-refractivity contribution in [2.75, 3.05) is 0 Å². The molecule has 6 N–H and O–H groups in total. The van der Waals surface area contributed by atoms with Gasteiger partial charge in [0.25, 0.3) is 0 Å². The van der Waals surface area contributed by atoms with Crippen molar-refractivity contribution in [1.82, 2.24) is 0 Å². The fourth-order valence-corrected chi connectivity index (χ4v) is 1.68. The van der Waals surface area contributed by atoms with Crippen molar-refractivity contribution in [3.63, 3.8) is 0 Å². The Morgan fingerprint density at radius 1 is 0.591 bits per heavy atom.